The van der Waals surface area contributed by atoms with Crippen LogP contribution in [0.2, 0.25) is 0 Å². The van der Waals surface area contributed by atoms with Gasteiger partial charge in [-0.25, -0.2) is 4.68 Å². The van der Waals surface area contributed by atoms with Gasteiger partial charge in [-0.3, -0.25) is 4.79 Å². The third-order valence-electron chi connectivity index (χ3n) is 4.80. The van der Waals surface area contributed by atoms with Crippen molar-refractivity contribution in [1.82, 2.24) is 15.0 Å². The largest absolute Gasteiger partial charge is 0.370 e. The van der Waals surface area contributed by atoms with E-state index in [4.69, 9.17) is 16.2 Å². The van der Waals surface area contributed by atoms with Crippen molar-refractivity contribution in [2.45, 2.75) is 44.2 Å². The van der Waals surface area contributed by atoms with E-state index in [1.807, 2.05) is 29.6 Å². The predicted octanol–water partition coefficient (Wildman–Crippen LogP) is 2.55. The summed E-state index contributed by atoms with van der Waals surface area (Å²) in [6.45, 7) is 0.446. The van der Waals surface area contributed by atoms with Gasteiger partial charge in [-0.1, -0.05) is 17.3 Å². The zero-order valence-corrected chi connectivity index (χ0v) is 17.5. The predicted molar refractivity (Wildman–Crippen MR) is 114 cm³/mol. The number of Topliss-reactive ketones (excluding diaryl/α,β-unsaturated/α-hetero) is 1. The fourth-order valence-corrected chi connectivity index (χ4v) is 4.16. The fourth-order valence-electron chi connectivity index (χ4n) is 3.33. The van der Waals surface area contributed by atoms with Gasteiger partial charge < -0.3 is 16.2 Å². The molecule has 1 aliphatic carbocycles. The molecule has 0 radical (unpaired) electrons. The summed E-state index contributed by atoms with van der Waals surface area (Å²) >= 11 is 1.62. The Morgan fingerprint density at radius 1 is 1.25 bits per heavy atom. The lowest BCUT2D eigenvalue weighted by Gasteiger charge is -2.16. The summed E-state index contributed by atoms with van der Waals surface area (Å²) in [5.74, 6) is -0.00774. The standard InChI is InChI=1S/C18H21N5O2S.2ClH/c19-13-6-15(20)17(7-13)25-10-14-8-21-22-23(14)9-16(24)12-2-1-11-3-4-26-18(11)5-12;;/h1-5,8,13,15,17H,6-7,9-10,19-20H2;2*1H/t13-,15+,17+;;/m0../s1. The van der Waals surface area contributed by atoms with E-state index in [-0.39, 0.29) is 55.3 Å². The van der Waals surface area contributed by atoms with E-state index >= 15 is 0 Å². The molecule has 28 heavy (non-hydrogen) atoms. The number of carbonyl (C=O) groups is 1. The highest BCUT2D eigenvalue weighted by atomic mass is 35.5. The molecular weight excluding hydrogens is 421 g/mol. The van der Waals surface area contributed by atoms with E-state index in [1.165, 1.54) is 0 Å². The van der Waals surface area contributed by atoms with Gasteiger partial charge in [-0.05, 0) is 35.7 Å². The van der Waals surface area contributed by atoms with Crippen LogP contribution in [0.1, 0.15) is 28.9 Å². The Bertz CT molecular complexity index is 931. The van der Waals surface area contributed by atoms with E-state index in [0.29, 0.717) is 12.2 Å². The van der Waals surface area contributed by atoms with Crippen LogP contribution >= 0.6 is 36.2 Å². The van der Waals surface area contributed by atoms with E-state index < -0.39 is 0 Å². The monoisotopic (exact) mass is 443 g/mol. The molecule has 3 aromatic rings. The number of aromatic nitrogens is 3. The maximum absolute atomic E-state index is 12.6. The molecule has 1 aromatic carbocycles. The molecular formula is C18H23Cl2N5O2S. The lowest BCUT2D eigenvalue weighted by Crippen LogP contribution is -2.31. The average molecular weight is 444 g/mol. The van der Waals surface area contributed by atoms with Crippen molar-refractivity contribution in [3.63, 3.8) is 0 Å². The number of fused-ring (bicyclic) bond motifs is 1. The molecule has 7 nitrogen and oxygen atoms in total. The van der Waals surface area contributed by atoms with E-state index in [1.54, 1.807) is 22.2 Å². The molecule has 152 valence electrons. The Morgan fingerprint density at radius 2 is 2.07 bits per heavy atom. The van der Waals surface area contributed by atoms with Crippen molar-refractivity contribution in [2.75, 3.05) is 0 Å². The van der Waals surface area contributed by atoms with Gasteiger partial charge in [0.05, 0.1) is 24.6 Å². The van der Waals surface area contributed by atoms with Crippen LogP contribution in [-0.2, 0) is 17.9 Å². The molecule has 1 aliphatic rings. The van der Waals surface area contributed by atoms with Crippen LogP contribution in [0.4, 0.5) is 0 Å². The summed E-state index contributed by atoms with van der Waals surface area (Å²) in [4.78, 5) is 12.6. The number of hydrogen-bond donors (Lipinski definition) is 2. The minimum Gasteiger partial charge on any atom is -0.370 e. The van der Waals surface area contributed by atoms with Crippen LogP contribution in [0.5, 0.6) is 0 Å². The first kappa shape index (κ1) is 22.7. The van der Waals surface area contributed by atoms with Gasteiger partial charge in [0, 0.05) is 22.3 Å². The van der Waals surface area contributed by atoms with Crippen LogP contribution in [-0.4, -0.2) is 39.0 Å². The summed E-state index contributed by atoms with van der Waals surface area (Å²) in [6.07, 6.45) is 3.08. The van der Waals surface area contributed by atoms with Crippen molar-refractivity contribution in [1.29, 1.82) is 0 Å². The number of nitrogens with zero attached hydrogens (tertiary/aromatic N) is 3. The SMILES string of the molecule is Cl.Cl.N[C@H]1C[C@@H](N)[C@H](OCc2cnnn2CC(=O)c2ccc3ccsc3c2)C1. The normalized spacial score (nSPS) is 21.3. The van der Waals surface area contributed by atoms with Gasteiger partial charge >= 0.3 is 0 Å². The van der Waals surface area contributed by atoms with Gasteiger partial charge in [-0.15, -0.1) is 41.2 Å². The lowest BCUT2D eigenvalue weighted by atomic mass is 10.1. The number of ether oxygens (including phenoxy) is 1. The summed E-state index contributed by atoms with van der Waals surface area (Å²) in [6, 6.07) is 7.83. The highest BCUT2D eigenvalue weighted by molar-refractivity contribution is 7.17. The van der Waals surface area contributed by atoms with Crippen molar-refractivity contribution >= 4 is 52.0 Å². The quantitative estimate of drug-likeness (QED) is 0.566. The van der Waals surface area contributed by atoms with Crippen LogP contribution in [0.3, 0.4) is 0 Å². The second-order valence-electron chi connectivity index (χ2n) is 6.72. The topological polar surface area (TPSA) is 109 Å². The first-order valence-corrected chi connectivity index (χ1v) is 9.48. The second-order valence-corrected chi connectivity index (χ2v) is 7.67. The number of carbonyl (C=O) groups excluding carboxylic acids is 1. The first-order chi connectivity index (χ1) is 12.6. The molecule has 0 aliphatic heterocycles. The second kappa shape index (κ2) is 9.78. The number of halogens is 2. The molecule has 0 amide bonds. The van der Waals surface area contributed by atoms with Gasteiger partial charge in [-0.2, -0.15) is 0 Å². The zero-order chi connectivity index (χ0) is 18.1. The molecule has 0 bridgehead atoms. The van der Waals surface area contributed by atoms with E-state index in [9.17, 15) is 4.79 Å². The summed E-state index contributed by atoms with van der Waals surface area (Å²) in [7, 11) is 0. The van der Waals surface area contributed by atoms with Crippen molar-refractivity contribution in [2.24, 2.45) is 11.5 Å². The van der Waals surface area contributed by atoms with Gasteiger partial charge in [0.1, 0.15) is 6.54 Å². The van der Waals surface area contributed by atoms with Gasteiger partial charge in [0.15, 0.2) is 5.78 Å². The number of nitrogens with two attached hydrogens (primary N) is 2. The summed E-state index contributed by atoms with van der Waals surface area (Å²) < 4.78 is 8.58. The Balaban J connectivity index is 0.00000140. The third kappa shape index (κ3) is 4.89. The molecule has 1 saturated carbocycles. The lowest BCUT2D eigenvalue weighted by molar-refractivity contribution is 0.0312. The molecule has 2 heterocycles. The number of benzene rings is 1. The van der Waals surface area contributed by atoms with Crippen LogP contribution in [0.25, 0.3) is 10.1 Å². The van der Waals surface area contributed by atoms with E-state index in [0.717, 1.165) is 28.6 Å². The molecule has 4 rings (SSSR count). The van der Waals surface area contributed by atoms with E-state index in [2.05, 4.69) is 10.3 Å². The van der Waals surface area contributed by atoms with Crippen molar-refractivity contribution in [3.05, 3.63) is 47.1 Å². The summed E-state index contributed by atoms with van der Waals surface area (Å²) in [5.41, 5.74) is 13.4. The number of rotatable bonds is 6. The molecule has 4 N–H and O–H groups in total. The molecule has 3 atom stereocenters. The Kier molecular flexibility index (Phi) is 7.94. The maximum Gasteiger partial charge on any atom is 0.184 e. The Morgan fingerprint density at radius 3 is 2.82 bits per heavy atom. The maximum atomic E-state index is 12.6. The van der Waals surface area contributed by atoms with Crippen molar-refractivity contribution < 1.29 is 9.53 Å². The van der Waals surface area contributed by atoms with Gasteiger partial charge in [0.2, 0.25) is 0 Å². The Hall–Kier alpha value is -1.55. The third-order valence-corrected chi connectivity index (χ3v) is 5.68. The molecule has 0 unspecified atom stereocenters. The molecule has 0 saturated heterocycles. The van der Waals surface area contributed by atoms with Crippen LogP contribution < -0.4 is 11.5 Å². The molecule has 1 fully saturated rings. The first-order valence-electron chi connectivity index (χ1n) is 8.61. The minimum absolute atomic E-state index is 0. The summed E-state index contributed by atoms with van der Waals surface area (Å²) in [5, 5.41) is 11.1. The van der Waals surface area contributed by atoms with Gasteiger partial charge in [0.25, 0.3) is 0 Å². The minimum atomic E-state index is -0.0645. The number of ketones is 1. The number of thiophene rings is 1. The molecule has 2 aromatic heterocycles. The zero-order valence-electron chi connectivity index (χ0n) is 15.1. The fraction of sp³-hybridized carbons (Fsp3) is 0.389. The molecule has 10 heteroatoms. The smallest absolute Gasteiger partial charge is 0.184 e. The number of hydrogen-bond acceptors (Lipinski definition) is 7. The van der Waals surface area contributed by atoms with Crippen molar-refractivity contribution in [3.8, 4) is 0 Å². The highest BCUT2D eigenvalue weighted by Gasteiger charge is 2.30. The highest BCUT2D eigenvalue weighted by Crippen LogP contribution is 2.23. The van der Waals surface area contributed by atoms with Crippen LogP contribution in [0.15, 0.2) is 35.8 Å². The van der Waals surface area contributed by atoms with Crippen LogP contribution in [0, 0.1) is 0 Å². The average Bonchev–Trinajstić information content (AvgIpc) is 3.32. The molecule has 0 spiro atoms. The Labute approximate surface area is 179 Å².